The molecular weight excluding hydrogens is 508 g/mol. The van der Waals surface area contributed by atoms with Crippen molar-refractivity contribution in [2.45, 2.75) is 44.8 Å². The van der Waals surface area contributed by atoms with Crippen LogP contribution >= 0.6 is 12.2 Å². The van der Waals surface area contributed by atoms with Crippen LogP contribution in [0.2, 0.25) is 0 Å². The van der Waals surface area contributed by atoms with Crippen molar-refractivity contribution in [1.29, 1.82) is 0 Å². The highest BCUT2D eigenvalue weighted by Gasteiger charge is 2.27. The average molecular weight is 543 g/mol. The van der Waals surface area contributed by atoms with E-state index in [2.05, 4.69) is 34.5 Å². The topological polar surface area (TPSA) is 68.5 Å². The normalized spacial score (nSPS) is 14.1. The van der Waals surface area contributed by atoms with Gasteiger partial charge in [-0.05, 0) is 55.2 Å². The number of aryl methyl sites for hydroxylation is 1. The number of fused-ring (bicyclic) bond motifs is 1. The van der Waals surface area contributed by atoms with Gasteiger partial charge in [0.25, 0.3) is 0 Å². The van der Waals surface area contributed by atoms with Gasteiger partial charge in [-0.1, -0.05) is 72.8 Å². The number of rotatable bonds is 8. The zero-order valence-corrected chi connectivity index (χ0v) is 23.0. The third-order valence-corrected chi connectivity index (χ3v) is 7.74. The second kappa shape index (κ2) is 12.3. The van der Waals surface area contributed by atoms with Gasteiger partial charge in [0.05, 0.1) is 30.1 Å². The van der Waals surface area contributed by atoms with Crippen molar-refractivity contribution in [2.75, 3.05) is 19.7 Å². The summed E-state index contributed by atoms with van der Waals surface area (Å²) >= 11 is 5.89. The van der Waals surface area contributed by atoms with Gasteiger partial charge in [0, 0.05) is 25.7 Å². The van der Waals surface area contributed by atoms with Crippen LogP contribution in [-0.2, 0) is 16.1 Å². The number of ether oxygens (including phenoxy) is 1. The zero-order chi connectivity index (χ0) is 27.2. The summed E-state index contributed by atoms with van der Waals surface area (Å²) in [7, 11) is 0. The second-order valence-corrected chi connectivity index (χ2v) is 10.2. The molecule has 1 N–H and O–H groups in total. The maximum atomic E-state index is 13.6. The first kappa shape index (κ1) is 26.7. The van der Waals surface area contributed by atoms with Crippen LogP contribution in [-0.4, -0.2) is 44.8 Å². The van der Waals surface area contributed by atoms with Gasteiger partial charge in [0.2, 0.25) is 0 Å². The van der Waals surface area contributed by atoms with Crippen LogP contribution in [0.3, 0.4) is 0 Å². The molecule has 0 bridgehead atoms. The van der Waals surface area contributed by atoms with E-state index in [-0.39, 0.29) is 30.2 Å². The molecule has 5 rings (SSSR count). The summed E-state index contributed by atoms with van der Waals surface area (Å²) in [5.74, 6) is -0.292. The van der Waals surface area contributed by atoms with Crippen LogP contribution in [0.25, 0.3) is 11.0 Å². The molecule has 1 aliphatic rings. The van der Waals surface area contributed by atoms with E-state index >= 15 is 0 Å². The van der Waals surface area contributed by atoms with E-state index in [1.807, 2.05) is 65.2 Å². The van der Waals surface area contributed by atoms with Gasteiger partial charge in [-0.2, -0.15) is 0 Å². The first-order valence-electron chi connectivity index (χ1n) is 13.6. The first-order chi connectivity index (χ1) is 19.1. The molecule has 0 unspecified atom stereocenters. The largest absolute Gasteiger partial charge is 0.466 e. The molecule has 0 spiro atoms. The number of benzene rings is 3. The van der Waals surface area contributed by atoms with E-state index in [9.17, 15) is 9.59 Å². The zero-order valence-electron chi connectivity index (χ0n) is 22.2. The number of carbonyl (C=O) groups excluding carboxylic acids is 1. The minimum Gasteiger partial charge on any atom is -0.466 e. The Morgan fingerprint density at radius 3 is 2.08 bits per heavy atom. The number of nitrogens with zero attached hydrogens (tertiary/aromatic N) is 3. The summed E-state index contributed by atoms with van der Waals surface area (Å²) in [5.41, 5.74) is 3.98. The van der Waals surface area contributed by atoms with E-state index in [1.165, 1.54) is 0 Å². The van der Waals surface area contributed by atoms with Crippen molar-refractivity contribution in [3.63, 3.8) is 0 Å². The van der Waals surface area contributed by atoms with Gasteiger partial charge >= 0.3 is 11.7 Å². The standard InChI is InChI=1S/C31H34N4O3S/c1-2-38-28(36)19-22-34-26-15-9-10-16-27(26)35(31(34)37)25-17-20-33(21-18-25)30(39)32-29(23-11-5-3-6-12-23)24-13-7-4-8-14-24/h3-16,25,29H,2,17-22H2,1H3,(H,32,39). The number of likely N-dealkylation sites (tertiary alicyclic amines) is 1. The third-order valence-electron chi connectivity index (χ3n) is 7.36. The van der Waals surface area contributed by atoms with Crippen LogP contribution in [0.1, 0.15) is 49.4 Å². The molecule has 4 aromatic rings. The molecular formula is C31H34N4O3S. The average Bonchev–Trinajstić information content (AvgIpc) is 3.26. The molecule has 0 radical (unpaired) electrons. The van der Waals surface area contributed by atoms with E-state index in [1.54, 1.807) is 11.5 Å². The fourth-order valence-electron chi connectivity index (χ4n) is 5.43. The van der Waals surface area contributed by atoms with Gasteiger partial charge in [-0.3, -0.25) is 13.9 Å². The molecule has 39 heavy (non-hydrogen) atoms. The molecule has 2 heterocycles. The Hall–Kier alpha value is -3.91. The lowest BCUT2D eigenvalue weighted by Gasteiger charge is -2.35. The number of esters is 1. The van der Waals surface area contributed by atoms with E-state index in [0.717, 1.165) is 53.2 Å². The first-order valence-corrected chi connectivity index (χ1v) is 14.0. The van der Waals surface area contributed by atoms with E-state index in [0.29, 0.717) is 13.2 Å². The summed E-state index contributed by atoms with van der Waals surface area (Å²) in [6.07, 6.45) is 1.77. The van der Waals surface area contributed by atoms with E-state index in [4.69, 9.17) is 17.0 Å². The van der Waals surface area contributed by atoms with Crippen LogP contribution in [0.4, 0.5) is 0 Å². The lowest BCUT2D eigenvalue weighted by Crippen LogP contribution is -2.46. The molecule has 0 aliphatic carbocycles. The molecule has 7 nitrogen and oxygen atoms in total. The summed E-state index contributed by atoms with van der Waals surface area (Å²) in [6, 6.07) is 28.5. The minimum absolute atomic E-state index is 0.0439. The SMILES string of the molecule is CCOC(=O)CCn1c(=O)n(C2CCN(C(=S)NC(c3ccccc3)c3ccccc3)CC2)c2ccccc21. The summed E-state index contributed by atoms with van der Waals surface area (Å²) < 4.78 is 8.68. The molecule has 1 aliphatic heterocycles. The van der Waals surface area contributed by atoms with Crippen LogP contribution in [0.15, 0.2) is 89.7 Å². The van der Waals surface area contributed by atoms with Gasteiger partial charge in [0.1, 0.15) is 0 Å². The molecule has 8 heteroatoms. The number of aromatic nitrogens is 2. The van der Waals surface area contributed by atoms with Gasteiger partial charge in [-0.15, -0.1) is 0 Å². The van der Waals surface area contributed by atoms with E-state index < -0.39 is 0 Å². The Labute approximate surface area is 234 Å². The fraction of sp³-hybridized carbons (Fsp3) is 0.323. The minimum atomic E-state index is -0.292. The van der Waals surface area contributed by atoms with Crippen molar-refractivity contribution >= 4 is 34.3 Å². The fourth-order valence-corrected chi connectivity index (χ4v) is 5.73. The monoisotopic (exact) mass is 542 g/mol. The maximum Gasteiger partial charge on any atom is 0.329 e. The van der Waals surface area contributed by atoms with Crippen LogP contribution < -0.4 is 11.0 Å². The number of piperidine rings is 1. The highest BCUT2D eigenvalue weighted by atomic mass is 32.1. The smallest absolute Gasteiger partial charge is 0.329 e. The van der Waals surface area contributed by atoms with Crippen molar-refractivity contribution in [1.82, 2.24) is 19.4 Å². The number of carbonyl (C=O) groups is 1. The number of imidazole rings is 1. The third kappa shape index (κ3) is 5.91. The highest BCUT2D eigenvalue weighted by Crippen LogP contribution is 2.27. The number of para-hydroxylation sites is 2. The molecule has 202 valence electrons. The van der Waals surface area contributed by atoms with Crippen molar-refractivity contribution in [3.05, 3.63) is 107 Å². The predicted octanol–water partition coefficient (Wildman–Crippen LogP) is 5.06. The van der Waals surface area contributed by atoms with Crippen molar-refractivity contribution in [2.24, 2.45) is 0 Å². The maximum absolute atomic E-state index is 13.6. The lowest BCUT2D eigenvalue weighted by atomic mass is 9.99. The summed E-state index contributed by atoms with van der Waals surface area (Å²) in [6.45, 7) is 3.93. The quantitative estimate of drug-likeness (QED) is 0.248. The molecule has 0 atom stereocenters. The number of nitrogens with one attached hydrogen (secondary N) is 1. The van der Waals surface area contributed by atoms with Crippen molar-refractivity contribution in [3.8, 4) is 0 Å². The Balaban J connectivity index is 1.30. The highest BCUT2D eigenvalue weighted by molar-refractivity contribution is 7.80. The second-order valence-electron chi connectivity index (χ2n) is 9.77. The molecule has 1 fully saturated rings. The Kier molecular flexibility index (Phi) is 8.42. The lowest BCUT2D eigenvalue weighted by molar-refractivity contribution is -0.143. The Morgan fingerprint density at radius 1 is 0.923 bits per heavy atom. The molecule has 0 saturated carbocycles. The number of thiocarbonyl (C=S) groups is 1. The predicted molar refractivity (Wildman–Crippen MR) is 158 cm³/mol. The molecule has 1 aromatic heterocycles. The van der Waals surface area contributed by atoms with Crippen LogP contribution in [0.5, 0.6) is 0 Å². The van der Waals surface area contributed by atoms with Crippen LogP contribution in [0, 0.1) is 0 Å². The molecule has 3 aromatic carbocycles. The molecule has 0 amide bonds. The summed E-state index contributed by atoms with van der Waals surface area (Å²) in [5, 5.41) is 4.32. The van der Waals surface area contributed by atoms with Crippen molar-refractivity contribution < 1.29 is 9.53 Å². The number of hydrogen-bond acceptors (Lipinski definition) is 4. The van der Waals surface area contributed by atoms with Gasteiger partial charge in [-0.25, -0.2) is 4.79 Å². The van der Waals surface area contributed by atoms with Gasteiger partial charge < -0.3 is 15.0 Å². The molecule has 1 saturated heterocycles. The number of hydrogen-bond donors (Lipinski definition) is 1. The summed E-state index contributed by atoms with van der Waals surface area (Å²) in [4.78, 5) is 27.7. The Morgan fingerprint density at radius 2 is 1.49 bits per heavy atom. The van der Waals surface area contributed by atoms with Gasteiger partial charge in [0.15, 0.2) is 5.11 Å². The Bertz CT molecular complexity index is 1430.